The number of rotatable bonds is 5. The fourth-order valence-electron chi connectivity index (χ4n) is 3.68. The number of carbonyl (C=O) groups is 1. The predicted molar refractivity (Wildman–Crippen MR) is 94.6 cm³/mol. The summed E-state index contributed by atoms with van der Waals surface area (Å²) < 4.78 is 4.11. The van der Waals surface area contributed by atoms with Crippen LogP contribution in [0.2, 0.25) is 0 Å². The molecule has 2 aliphatic heterocycles. The molecule has 8 nitrogen and oxygen atoms in total. The fourth-order valence-corrected chi connectivity index (χ4v) is 3.68. The summed E-state index contributed by atoms with van der Waals surface area (Å²) >= 11 is 0. The van der Waals surface area contributed by atoms with Gasteiger partial charge in [-0.05, 0) is 6.42 Å². The lowest BCUT2D eigenvalue weighted by atomic mass is 10.3. The first-order valence-electron chi connectivity index (χ1n) is 8.87. The van der Waals surface area contributed by atoms with E-state index in [1.807, 2.05) is 43.6 Å². The lowest BCUT2D eigenvalue weighted by Gasteiger charge is -2.16. The van der Waals surface area contributed by atoms with Crippen molar-refractivity contribution in [1.82, 2.24) is 29.1 Å². The molecule has 0 bridgehead atoms. The Kier molecular flexibility index (Phi) is 4.20. The number of anilines is 1. The zero-order valence-corrected chi connectivity index (χ0v) is 14.9. The average molecular weight is 343 g/mol. The zero-order chi connectivity index (χ0) is 17.4. The third kappa shape index (κ3) is 3.13. The highest BCUT2D eigenvalue weighted by molar-refractivity contribution is 5.93. The van der Waals surface area contributed by atoms with Gasteiger partial charge < -0.3 is 14.4 Å². The van der Waals surface area contributed by atoms with E-state index >= 15 is 0 Å². The molecule has 2 amide bonds. The maximum atomic E-state index is 12.1. The van der Waals surface area contributed by atoms with Gasteiger partial charge in [-0.1, -0.05) is 0 Å². The van der Waals surface area contributed by atoms with Crippen LogP contribution in [0.5, 0.6) is 0 Å². The van der Waals surface area contributed by atoms with Crippen LogP contribution in [0, 0.1) is 0 Å². The molecule has 2 saturated heterocycles. The summed E-state index contributed by atoms with van der Waals surface area (Å²) in [4.78, 5) is 22.5. The third-order valence-electron chi connectivity index (χ3n) is 5.31. The van der Waals surface area contributed by atoms with Gasteiger partial charge in [0, 0.05) is 71.8 Å². The average Bonchev–Trinajstić information content (AvgIpc) is 3.35. The van der Waals surface area contributed by atoms with E-state index in [1.165, 1.54) is 0 Å². The summed E-state index contributed by atoms with van der Waals surface area (Å²) in [5.41, 5.74) is 0.904. The number of hydrogen-bond acceptors (Lipinski definition) is 4. The fraction of sp³-hybridized carbons (Fsp3) is 0.588. The van der Waals surface area contributed by atoms with Crippen molar-refractivity contribution < 1.29 is 4.79 Å². The maximum absolute atomic E-state index is 12.1. The Hall–Kier alpha value is -2.35. The molecule has 25 heavy (non-hydrogen) atoms. The normalized spacial score (nSPS) is 21.7. The van der Waals surface area contributed by atoms with Crippen LogP contribution in [0.15, 0.2) is 24.8 Å². The second kappa shape index (κ2) is 6.51. The standard InChI is InChI=1S/C17H25N7O/c1-20-8-5-18-16(20)4-7-22-6-3-14(12-22)24-13-15(11-19-24)23-10-9-21(2)17(23)25/h5,8,11,13-14H,3-4,6-7,9-10,12H2,1-2H3. The first-order valence-corrected chi connectivity index (χ1v) is 8.87. The number of aromatic nitrogens is 4. The Morgan fingerprint density at radius 3 is 2.84 bits per heavy atom. The molecule has 8 heteroatoms. The van der Waals surface area contributed by atoms with E-state index in [0.29, 0.717) is 6.04 Å². The summed E-state index contributed by atoms with van der Waals surface area (Å²) in [5, 5.41) is 4.52. The molecule has 0 aromatic carbocycles. The van der Waals surface area contributed by atoms with Crippen molar-refractivity contribution in [2.75, 3.05) is 44.7 Å². The van der Waals surface area contributed by atoms with E-state index < -0.39 is 0 Å². The monoisotopic (exact) mass is 343 g/mol. The van der Waals surface area contributed by atoms with Crippen LogP contribution in [-0.4, -0.2) is 74.9 Å². The van der Waals surface area contributed by atoms with Crippen molar-refractivity contribution in [3.8, 4) is 0 Å². The number of likely N-dealkylation sites (tertiary alicyclic amines) is 1. The van der Waals surface area contributed by atoms with Crippen LogP contribution >= 0.6 is 0 Å². The Morgan fingerprint density at radius 1 is 1.24 bits per heavy atom. The molecule has 1 atom stereocenters. The first kappa shape index (κ1) is 16.1. The Bertz CT molecular complexity index is 752. The number of carbonyl (C=O) groups excluding carboxylic acids is 1. The maximum Gasteiger partial charge on any atom is 0.324 e. The van der Waals surface area contributed by atoms with Gasteiger partial charge in [-0.25, -0.2) is 9.78 Å². The minimum absolute atomic E-state index is 0.0580. The molecule has 4 heterocycles. The number of nitrogens with zero attached hydrogens (tertiary/aromatic N) is 7. The van der Waals surface area contributed by atoms with Crippen LogP contribution in [0.1, 0.15) is 18.3 Å². The van der Waals surface area contributed by atoms with E-state index in [1.54, 1.807) is 9.80 Å². The Morgan fingerprint density at radius 2 is 2.12 bits per heavy atom. The van der Waals surface area contributed by atoms with Crippen molar-refractivity contribution in [3.05, 3.63) is 30.6 Å². The number of amides is 2. The summed E-state index contributed by atoms with van der Waals surface area (Å²) in [5.74, 6) is 1.13. The molecule has 4 rings (SSSR count). The third-order valence-corrected chi connectivity index (χ3v) is 5.31. The van der Waals surface area contributed by atoms with Crippen LogP contribution in [0.25, 0.3) is 0 Å². The molecule has 2 aliphatic rings. The molecule has 2 aromatic rings. The van der Waals surface area contributed by atoms with Gasteiger partial charge in [-0.2, -0.15) is 5.10 Å². The quantitative estimate of drug-likeness (QED) is 0.812. The van der Waals surface area contributed by atoms with Crippen LogP contribution in [0.4, 0.5) is 10.5 Å². The molecule has 0 spiro atoms. The minimum Gasteiger partial charge on any atom is -0.338 e. The molecule has 0 radical (unpaired) electrons. The summed E-state index contributed by atoms with van der Waals surface area (Å²) in [7, 11) is 3.88. The number of hydrogen-bond donors (Lipinski definition) is 0. The van der Waals surface area contributed by atoms with E-state index in [-0.39, 0.29) is 6.03 Å². The smallest absolute Gasteiger partial charge is 0.324 e. The van der Waals surface area contributed by atoms with E-state index in [2.05, 4.69) is 19.5 Å². The number of imidazole rings is 1. The zero-order valence-electron chi connectivity index (χ0n) is 14.9. The van der Waals surface area contributed by atoms with E-state index in [4.69, 9.17) is 0 Å². The van der Waals surface area contributed by atoms with Gasteiger partial charge >= 0.3 is 6.03 Å². The molecule has 0 N–H and O–H groups in total. The molecule has 134 valence electrons. The Balaban J connectivity index is 1.34. The second-order valence-corrected chi connectivity index (χ2v) is 6.98. The highest BCUT2D eigenvalue weighted by Crippen LogP contribution is 2.25. The van der Waals surface area contributed by atoms with Gasteiger partial charge in [0.1, 0.15) is 5.82 Å². The van der Waals surface area contributed by atoms with Gasteiger partial charge in [0.2, 0.25) is 0 Å². The van der Waals surface area contributed by atoms with Gasteiger partial charge in [-0.3, -0.25) is 9.58 Å². The van der Waals surface area contributed by atoms with Crippen molar-refractivity contribution in [1.29, 1.82) is 0 Å². The second-order valence-electron chi connectivity index (χ2n) is 6.98. The van der Waals surface area contributed by atoms with E-state index in [0.717, 1.165) is 57.1 Å². The molecule has 1 unspecified atom stereocenters. The number of urea groups is 1. The topological polar surface area (TPSA) is 62.4 Å². The highest BCUT2D eigenvalue weighted by Gasteiger charge is 2.29. The predicted octanol–water partition coefficient (Wildman–Crippen LogP) is 0.978. The van der Waals surface area contributed by atoms with Crippen molar-refractivity contribution >= 4 is 11.7 Å². The van der Waals surface area contributed by atoms with Crippen LogP contribution in [-0.2, 0) is 13.5 Å². The molecular weight excluding hydrogens is 318 g/mol. The van der Waals surface area contributed by atoms with Gasteiger partial charge in [-0.15, -0.1) is 0 Å². The first-order chi connectivity index (χ1) is 12.1. The van der Waals surface area contributed by atoms with Crippen molar-refractivity contribution in [2.24, 2.45) is 7.05 Å². The summed E-state index contributed by atoms with van der Waals surface area (Å²) in [6.45, 7) is 4.61. The summed E-state index contributed by atoms with van der Waals surface area (Å²) in [6, 6.07) is 0.438. The van der Waals surface area contributed by atoms with Crippen LogP contribution in [0.3, 0.4) is 0 Å². The lowest BCUT2D eigenvalue weighted by Crippen LogP contribution is -2.28. The van der Waals surface area contributed by atoms with Crippen LogP contribution < -0.4 is 4.90 Å². The van der Waals surface area contributed by atoms with Crippen molar-refractivity contribution in [3.63, 3.8) is 0 Å². The summed E-state index contributed by atoms with van der Waals surface area (Å²) in [6.07, 6.45) is 9.73. The van der Waals surface area contributed by atoms with E-state index in [9.17, 15) is 4.79 Å². The molecular formula is C17H25N7O. The highest BCUT2D eigenvalue weighted by atomic mass is 16.2. The lowest BCUT2D eigenvalue weighted by molar-refractivity contribution is 0.229. The molecule has 0 aliphatic carbocycles. The van der Waals surface area contributed by atoms with Gasteiger partial charge in [0.25, 0.3) is 0 Å². The molecule has 2 fully saturated rings. The Labute approximate surface area is 147 Å². The number of aryl methyl sites for hydroxylation is 1. The minimum atomic E-state index is 0.0580. The largest absolute Gasteiger partial charge is 0.338 e. The molecule has 0 saturated carbocycles. The molecule has 2 aromatic heterocycles. The van der Waals surface area contributed by atoms with Gasteiger partial charge in [0.05, 0.1) is 17.9 Å². The van der Waals surface area contributed by atoms with Gasteiger partial charge in [0.15, 0.2) is 0 Å². The van der Waals surface area contributed by atoms with Crippen molar-refractivity contribution in [2.45, 2.75) is 18.9 Å². The SMILES string of the molecule is CN1CCN(c2cnn(C3CCN(CCc4nccn4C)C3)c2)C1=O. The number of likely N-dealkylation sites (N-methyl/N-ethyl adjacent to an activating group) is 1.